The average molecular weight is 246 g/mol. The van der Waals surface area contributed by atoms with Gasteiger partial charge in [0.15, 0.2) is 5.78 Å². The van der Waals surface area contributed by atoms with Gasteiger partial charge in [0.2, 0.25) is 0 Å². The van der Waals surface area contributed by atoms with Gasteiger partial charge in [0.25, 0.3) is 0 Å². The third-order valence-electron chi connectivity index (χ3n) is 3.54. The first kappa shape index (κ1) is 10.4. The molecular weight excluding hydrogens is 236 g/mol. The van der Waals surface area contributed by atoms with Gasteiger partial charge < -0.3 is 0 Å². The molecule has 0 radical (unpaired) electrons. The lowest BCUT2D eigenvalue weighted by molar-refractivity contribution is 0.0999. The maximum atomic E-state index is 12.1. The standard InChI is InChI=1S/C16H10N2O/c19-15-9-17-18-14-6-5-12-7-10-3-1-2-4-11(10)8-13(12)16(14)15/h1-8H,9H2. The fourth-order valence-corrected chi connectivity index (χ4v) is 2.63. The minimum atomic E-state index is 0.0471. The van der Waals surface area contributed by atoms with Crippen molar-refractivity contribution in [3.05, 3.63) is 54.1 Å². The van der Waals surface area contributed by atoms with E-state index in [0.29, 0.717) is 11.3 Å². The van der Waals surface area contributed by atoms with Gasteiger partial charge in [-0.25, -0.2) is 0 Å². The summed E-state index contributed by atoms with van der Waals surface area (Å²) in [5.74, 6) is 0.0471. The molecule has 1 heterocycles. The molecule has 0 aromatic heterocycles. The Balaban J connectivity index is 2.19. The molecule has 1 aliphatic rings. The van der Waals surface area contributed by atoms with E-state index in [1.807, 2.05) is 24.3 Å². The zero-order chi connectivity index (χ0) is 12.8. The first-order valence-corrected chi connectivity index (χ1v) is 6.19. The number of benzene rings is 3. The Morgan fingerprint density at radius 1 is 0.895 bits per heavy atom. The first-order valence-electron chi connectivity index (χ1n) is 6.19. The molecule has 3 nitrogen and oxygen atoms in total. The second kappa shape index (κ2) is 3.72. The van der Waals surface area contributed by atoms with Crippen LogP contribution in [-0.4, -0.2) is 12.3 Å². The van der Waals surface area contributed by atoms with Crippen LogP contribution in [0.4, 0.5) is 5.69 Å². The molecule has 19 heavy (non-hydrogen) atoms. The summed E-state index contributed by atoms with van der Waals surface area (Å²) >= 11 is 0. The van der Waals surface area contributed by atoms with Gasteiger partial charge in [0, 0.05) is 0 Å². The zero-order valence-corrected chi connectivity index (χ0v) is 10.1. The fraction of sp³-hybridized carbons (Fsp3) is 0.0625. The van der Waals surface area contributed by atoms with Gasteiger partial charge in [0.05, 0.1) is 11.3 Å². The molecule has 4 rings (SSSR count). The summed E-state index contributed by atoms with van der Waals surface area (Å²) in [6.45, 7) is 0.152. The minimum absolute atomic E-state index is 0.0471. The van der Waals surface area contributed by atoms with Gasteiger partial charge >= 0.3 is 0 Å². The number of carbonyl (C=O) groups excluding carboxylic acids is 1. The third kappa shape index (κ3) is 1.48. The van der Waals surface area contributed by atoms with Gasteiger partial charge in [0.1, 0.15) is 6.54 Å². The highest BCUT2D eigenvalue weighted by molar-refractivity contribution is 6.15. The van der Waals surface area contributed by atoms with Crippen molar-refractivity contribution in [2.24, 2.45) is 10.2 Å². The predicted molar refractivity (Wildman–Crippen MR) is 75.2 cm³/mol. The molecule has 0 spiro atoms. The summed E-state index contributed by atoms with van der Waals surface area (Å²) in [6.07, 6.45) is 0. The van der Waals surface area contributed by atoms with Crippen molar-refractivity contribution in [1.82, 2.24) is 0 Å². The number of Topliss-reactive ketones (excluding diaryl/α,β-unsaturated/α-hetero) is 1. The van der Waals surface area contributed by atoms with Crippen LogP contribution >= 0.6 is 0 Å². The van der Waals surface area contributed by atoms with Crippen LogP contribution in [0, 0.1) is 0 Å². The number of azo groups is 1. The monoisotopic (exact) mass is 246 g/mol. The van der Waals surface area contributed by atoms with E-state index in [1.54, 1.807) is 0 Å². The maximum absolute atomic E-state index is 12.1. The summed E-state index contributed by atoms with van der Waals surface area (Å²) in [6, 6.07) is 16.2. The normalized spacial score (nSPS) is 14.0. The topological polar surface area (TPSA) is 41.8 Å². The molecule has 0 unspecified atom stereocenters. The molecular formula is C16H10N2O. The average Bonchev–Trinajstić information content (AvgIpc) is 2.45. The van der Waals surface area contributed by atoms with Crippen LogP contribution < -0.4 is 0 Å². The van der Waals surface area contributed by atoms with Crippen LogP contribution in [0.3, 0.4) is 0 Å². The second-order valence-electron chi connectivity index (χ2n) is 4.70. The largest absolute Gasteiger partial charge is 0.292 e. The quantitative estimate of drug-likeness (QED) is 0.546. The van der Waals surface area contributed by atoms with Crippen molar-refractivity contribution in [1.29, 1.82) is 0 Å². The Labute approximate surface area is 109 Å². The van der Waals surface area contributed by atoms with Crippen LogP contribution in [0.1, 0.15) is 10.4 Å². The molecule has 0 saturated heterocycles. The molecule has 3 heteroatoms. The van der Waals surface area contributed by atoms with Crippen LogP contribution in [0.25, 0.3) is 21.5 Å². The SMILES string of the molecule is O=C1CN=Nc2ccc3cc4ccccc4cc3c21. The molecule has 0 fully saturated rings. The van der Waals surface area contributed by atoms with E-state index in [-0.39, 0.29) is 12.3 Å². The molecule has 0 saturated carbocycles. The van der Waals surface area contributed by atoms with Crippen molar-refractivity contribution in [2.45, 2.75) is 0 Å². The van der Waals surface area contributed by atoms with E-state index < -0.39 is 0 Å². The molecule has 3 aromatic rings. The molecule has 1 aliphatic heterocycles. The van der Waals surface area contributed by atoms with Crippen LogP contribution in [0.5, 0.6) is 0 Å². The van der Waals surface area contributed by atoms with Gasteiger partial charge in [-0.2, -0.15) is 10.2 Å². The zero-order valence-electron chi connectivity index (χ0n) is 10.1. The Morgan fingerprint density at radius 3 is 2.53 bits per heavy atom. The number of hydrogen-bond donors (Lipinski definition) is 0. The van der Waals surface area contributed by atoms with Crippen LogP contribution in [0.2, 0.25) is 0 Å². The van der Waals surface area contributed by atoms with E-state index >= 15 is 0 Å². The lowest BCUT2D eigenvalue weighted by Crippen LogP contribution is -2.07. The Kier molecular flexibility index (Phi) is 2.03. The van der Waals surface area contributed by atoms with Crippen molar-refractivity contribution in [3.63, 3.8) is 0 Å². The number of hydrogen-bond acceptors (Lipinski definition) is 3. The molecule has 90 valence electrons. The van der Waals surface area contributed by atoms with E-state index in [4.69, 9.17) is 0 Å². The Morgan fingerprint density at radius 2 is 1.68 bits per heavy atom. The van der Waals surface area contributed by atoms with Gasteiger partial charge in [-0.1, -0.05) is 30.3 Å². The van der Waals surface area contributed by atoms with Crippen molar-refractivity contribution < 1.29 is 4.79 Å². The molecule has 0 aliphatic carbocycles. The van der Waals surface area contributed by atoms with E-state index in [1.165, 1.54) is 5.39 Å². The van der Waals surface area contributed by atoms with Crippen LogP contribution in [-0.2, 0) is 0 Å². The smallest absolute Gasteiger partial charge is 0.188 e. The third-order valence-corrected chi connectivity index (χ3v) is 3.54. The van der Waals surface area contributed by atoms with Gasteiger partial charge in [-0.15, -0.1) is 0 Å². The highest BCUT2D eigenvalue weighted by Crippen LogP contribution is 2.33. The summed E-state index contributed by atoms with van der Waals surface area (Å²) in [4.78, 5) is 12.1. The summed E-state index contributed by atoms with van der Waals surface area (Å²) < 4.78 is 0. The van der Waals surface area contributed by atoms with E-state index in [9.17, 15) is 4.79 Å². The van der Waals surface area contributed by atoms with Crippen LogP contribution in [0.15, 0.2) is 58.8 Å². The summed E-state index contributed by atoms with van der Waals surface area (Å²) in [5.41, 5.74) is 1.39. The number of ketones is 1. The molecule has 0 bridgehead atoms. The lowest BCUT2D eigenvalue weighted by Gasteiger charge is -2.12. The lowest BCUT2D eigenvalue weighted by atomic mass is 9.96. The predicted octanol–water partition coefficient (Wildman–Crippen LogP) is 4.27. The van der Waals surface area contributed by atoms with Gasteiger partial charge in [-0.3, -0.25) is 4.79 Å². The van der Waals surface area contributed by atoms with Crippen molar-refractivity contribution >= 4 is 33.0 Å². The molecule has 0 N–H and O–H groups in total. The number of carbonyl (C=O) groups is 1. The van der Waals surface area contributed by atoms with E-state index in [0.717, 1.165) is 16.2 Å². The highest BCUT2D eigenvalue weighted by Gasteiger charge is 2.18. The second-order valence-corrected chi connectivity index (χ2v) is 4.70. The number of rotatable bonds is 0. The van der Waals surface area contributed by atoms with Gasteiger partial charge in [-0.05, 0) is 39.7 Å². The molecule has 3 aromatic carbocycles. The summed E-state index contributed by atoms with van der Waals surface area (Å²) in [5, 5.41) is 12.3. The number of fused-ring (bicyclic) bond motifs is 4. The summed E-state index contributed by atoms with van der Waals surface area (Å²) in [7, 11) is 0. The van der Waals surface area contributed by atoms with E-state index in [2.05, 4.69) is 34.5 Å². The fourth-order valence-electron chi connectivity index (χ4n) is 2.63. The maximum Gasteiger partial charge on any atom is 0.188 e. The van der Waals surface area contributed by atoms with Crippen molar-refractivity contribution in [3.8, 4) is 0 Å². The number of nitrogens with zero attached hydrogens (tertiary/aromatic N) is 2. The molecule has 0 amide bonds. The van der Waals surface area contributed by atoms with Crippen molar-refractivity contribution in [2.75, 3.05) is 6.54 Å². The Bertz CT molecular complexity index is 865. The minimum Gasteiger partial charge on any atom is -0.292 e. The Hall–Kier alpha value is -2.55. The first-order chi connectivity index (χ1) is 9.33. The molecule has 0 atom stereocenters. The highest BCUT2D eigenvalue weighted by atomic mass is 16.1.